The van der Waals surface area contributed by atoms with Gasteiger partial charge in [0.05, 0.1) is 27.3 Å². The van der Waals surface area contributed by atoms with Crippen molar-refractivity contribution < 1.29 is 13.9 Å². The Bertz CT molecular complexity index is 1150. The van der Waals surface area contributed by atoms with Gasteiger partial charge in [0.15, 0.2) is 5.82 Å². The maximum Gasteiger partial charge on any atom is 0.410 e. The van der Waals surface area contributed by atoms with Crippen molar-refractivity contribution in [2.75, 3.05) is 50.1 Å². The van der Waals surface area contributed by atoms with Gasteiger partial charge in [-0.05, 0) is 69.7 Å². The minimum absolute atomic E-state index is 0.0492. The molecule has 3 aliphatic heterocycles. The van der Waals surface area contributed by atoms with Gasteiger partial charge < -0.3 is 19.4 Å². The predicted molar refractivity (Wildman–Crippen MR) is 141 cm³/mol. The lowest BCUT2D eigenvalue weighted by Crippen LogP contribution is -2.58. The molecule has 1 aromatic heterocycles. The summed E-state index contributed by atoms with van der Waals surface area (Å²) < 4.78 is 21.3. The van der Waals surface area contributed by atoms with Crippen LogP contribution in [0.1, 0.15) is 33.6 Å². The number of hydrogen-bond acceptors (Lipinski definition) is 6. The molecule has 3 saturated heterocycles. The van der Waals surface area contributed by atoms with E-state index in [0.29, 0.717) is 35.1 Å². The molecule has 4 heterocycles. The Kier molecular flexibility index (Phi) is 6.33. The monoisotopic (exact) mass is 567 g/mol. The van der Waals surface area contributed by atoms with Crippen LogP contribution in [0.25, 0.3) is 10.9 Å². The second-order valence-electron chi connectivity index (χ2n) is 11.1. The van der Waals surface area contributed by atoms with E-state index in [1.54, 1.807) is 6.07 Å². The summed E-state index contributed by atoms with van der Waals surface area (Å²) in [5.74, 6) is 0.316. The van der Waals surface area contributed by atoms with E-state index in [1.807, 2.05) is 25.7 Å². The first-order chi connectivity index (χ1) is 16.4. The zero-order chi connectivity index (χ0) is 25.2. The molecule has 3 fully saturated rings. The average Bonchev–Trinajstić information content (AvgIpc) is 2.99. The number of hydrogen-bond donors (Lipinski definition) is 0. The van der Waals surface area contributed by atoms with Crippen molar-refractivity contribution in [1.82, 2.24) is 14.8 Å². The molecule has 3 aliphatic rings. The molecule has 35 heavy (non-hydrogen) atoms. The molecule has 10 heteroatoms. The maximum atomic E-state index is 15.4. The van der Waals surface area contributed by atoms with Gasteiger partial charge in [-0.3, -0.25) is 4.90 Å². The van der Waals surface area contributed by atoms with Crippen molar-refractivity contribution in [3.8, 4) is 0 Å². The van der Waals surface area contributed by atoms with Gasteiger partial charge in [-0.15, -0.1) is 0 Å². The Hall–Kier alpha value is -1.84. The molecule has 0 N–H and O–H groups in total. The first-order valence-corrected chi connectivity index (χ1v) is 13.3. The van der Waals surface area contributed by atoms with E-state index in [0.717, 1.165) is 37.4 Å². The van der Waals surface area contributed by atoms with Gasteiger partial charge in [-0.1, -0.05) is 11.6 Å². The van der Waals surface area contributed by atoms with Crippen LogP contribution in [0.3, 0.4) is 0 Å². The quantitative estimate of drug-likeness (QED) is 0.479. The number of anilines is 2. The minimum Gasteiger partial charge on any atom is -0.444 e. The molecule has 0 saturated carbocycles. The molecule has 2 unspecified atom stereocenters. The highest BCUT2D eigenvalue weighted by molar-refractivity contribution is 9.10. The highest BCUT2D eigenvalue weighted by atomic mass is 79.9. The molecular weight excluding hydrogens is 537 g/mol. The molecule has 7 nitrogen and oxygen atoms in total. The number of carbonyl (C=O) groups is 1. The van der Waals surface area contributed by atoms with Crippen molar-refractivity contribution >= 4 is 56.0 Å². The first-order valence-electron chi connectivity index (χ1n) is 12.1. The Morgan fingerprint density at radius 2 is 1.77 bits per heavy atom. The van der Waals surface area contributed by atoms with Crippen LogP contribution in [0.4, 0.5) is 20.7 Å². The average molecular weight is 569 g/mol. The Morgan fingerprint density at radius 1 is 1.14 bits per heavy atom. The van der Waals surface area contributed by atoms with E-state index in [1.165, 1.54) is 0 Å². The molecule has 0 aliphatic carbocycles. The van der Waals surface area contributed by atoms with Crippen LogP contribution in [0.15, 0.2) is 16.6 Å². The second-order valence-corrected chi connectivity index (χ2v) is 12.3. The summed E-state index contributed by atoms with van der Waals surface area (Å²) in [6, 6.07) is 4.39. The molecule has 1 aromatic carbocycles. The van der Waals surface area contributed by atoms with Gasteiger partial charge in [-0.25, -0.2) is 14.2 Å². The number of nitrogens with zero attached hydrogens (tertiary/aromatic N) is 5. The van der Waals surface area contributed by atoms with E-state index in [2.05, 4.69) is 50.8 Å². The van der Waals surface area contributed by atoms with Crippen LogP contribution in [0.5, 0.6) is 0 Å². The van der Waals surface area contributed by atoms with Gasteiger partial charge in [-0.2, -0.15) is 0 Å². The summed E-state index contributed by atoms with van der Waals surface area (Å²) in [7, 11) is 4.14. The fourth-order valence-corrected chi connectivity index (χ4v) is 5.84. The van der Waals surface area contributed by atoms with Crippen LogP contribution in [0.2, 0.25) is 5.02 Å². The SMILES string of the molecule is CN(C)C1CN(c2cc(N3CC4CCC(C3)N4C(=O)OC(C)(C)C)c3cc(Cl)c(Br)c(F)c3n2)C1. The van der Waals surface area contributed by atoms with Crippen molar-refractivity contribution in [2.45, 2.75) is 57.3 Å². The fourth-order valence-electron chi connectivity index (χ4n) is 5.34. The van der Waals surface area contributed by atoms with Crippen molar-refractivity contribution in [2.24, 2.45) is 0 Å². The number of benzene rings is 1. The van der Waals surface area contributed by atoms with E-state index < -0.39 is 11.4 Å². The third-order valence-corrected chi connectivity index (χ3v) is 8.55. The summed E-state index contributed by atoms with van der Waals surface area (Å²) in [5, 5.41) is 1.01. The second kappa shape index (κ2) is 8.92. The predicted octanol–water partition coefficient (Wildman–Crippen LogP) is 5.13. The molecule has 0 radical (unpaired) electrons. The molecule has 5 rings (SSSR count). The summed E-state index contributed by atoms with van der Waals surface area (Å²) in [4.78, 5) is 26.2. The third kappa shape index (κ3) is 4.55. The van der Waals surface area contributed by atoms with Crippen molar-refractivity contribution in [3.63, 3.8) is 0 Å². The van der Waals surface area contributed by atoms with E-state index in [9.17, 15) is 4.79 Å². The molecule has 2 bridgehead atoms. The standard InChI is InChI=1S/C25H32BrClFN5O2/c1-25(2,3)35-24(34)33-14-6-7-15(33)11-31(10-14)19-9-20(32-12-16(13-32)30(4)5)29-23-17(19)8-18(27)21(26)22(23)28/h8-9,14-16H,6-7,10-13H2,1-5H3. The van der Waals surface area contributed by atoms with Crippen LogP contribution in [0, 0.1) is 5.82 Å². The first kappa shape index (κ1) is 24.8. The molecule has 190 valence electrons. The number of carbonyl (C=O) groups excluding carboxylic acids is 1. The van der Waals surface area contributed by atoms with Crippen LogP contribution >= 0.6 is 27.5 Å². The lowest BCUT2D eigenvalue weighted by molar-refractivity contribution is 0.0123. The van der Waals surface area contributed by atoms with Gasteiger partial charge in [0.25, 0.3) is 0 Å². The van der Waals surface area contributed by atoms with Crippen LogP contribution in [-0.2, 0) is 4.74 Å². The molecule has 2 aromatic rings. The third-order valence-electron chi connectivity index (χ3n) is 7.25. The van der Waals surface area contributed by atoms with Gasteiger partial charge in [0.2, 0.25) is 0 Å². The lowest BCUT2D eigenvalue weighted by atomic mass is 10.1. The fraction of sp³-hybridized carbons (Fsp3) is 0.600. The van der Waals surface area contributed by atoms with E-state index in [-0.39, 0.29) is 22.6 Å². The Morgan fingerprint density at radius 3 is 2.34 bits per heavy atom. The number of halogens is 3. The smallest absolute Gasteiger partial charge is 0.410 e. The molecule has 0 spiro atoms. The van der Waals surface area contributed by atoms with Crippen molar-refractivity contribution in [3.05, 3.63) is 27.4 Å². The normalized spacial score (nSPS) is 22.8. The number of rotatable bonds is 3. The molecule has 2 atom stereocenters. The van der Waals surface area contributed by atoms with Gasteiger partial charge >= 0.3 is 6.09 Å². The number of amides is 1. The lowest BCUT2D eigenvalue weighted by Gasteiger charge is -2.45. The summed E-state index contributed by atoms with van der Waals surface area (Å²) in [5.41, 5.74) is 0.684. The number of ether oxygens (including phenoxy) is 1. The van der Waals surface area contributed by atoms with Gasteiger partial charge in [0.1, 0.15) is 16.9 Å². The summed E-state index contributed by atoms with van der Waals surface area (Å²) in [6.07, 6.45) is 1.60. The number of pyridine rings is 1. The highest BCUT2D eigenvalue weighted by Gasteiger charge is 2.45. The number of fused-ring (bicyclic) bond motifs is 3. The van der Waals surface area contributed by atoms with Crippen LogP contribution < -0.4 is 9.80 Å². The molecule has 1 amide bonds. The number of aromatic nitrogens is 1. The Balaban J connectivity index is 1.50. The topological polar surface area (TPSA) is 52.2 Å². The number of likely N-dealkylation sites (N-methyl/N-ethyl adjacent to an activating group) is 1. The number of piperazine rings is 1. The zero-order valence-corrected chi connectivity index (χ0v) is 23.2. The van der Waals surface area contributed by atoms with E-state index in [4.69, 9.17) is 21.3 Å². The summed E-state index contributed by atoms with van der Waals surface area (Å²) in [6.45, 7) is 8.67. The van der Waals surface area contributed by atoms with Gasteiger partial charge in [0, 0.05) is 43.7 Å². The molecular formula is C25H32BrClFN5O2. The zero-order valence-electron chi connectivity index (χ0n) is 20.8. The largest absolute Gasteiger partial charge is 0.444 e. The maximum absolute atomic E-state index is 15.4. The van der Waals surface area contributed by atoms with E-state index >= 15 is 4.39 Å². The highest BCUT2D eigenvalue weighted by Crippen LogP contribution is 2.41. The minimum atomic E-state index is -0.535. The summed E-state index contributed by atoms with van der Waals surface area (Å²) >= 11 is 9.66. The van der Waals surface area contributed by atoms with Crippen molar-refractivity contribution in [1.29, 1.82) is 0 Å². The Labute approximate surface area is 219 Å². The van der Waals surface area contributed by atoms with Crippen LogP contribution in [-0.4, -0.2) is 84.9 Å².